The van der Waals surface area contributed by atoms with Crippen LogP contribution in [0, 0.1) is 0 Å². The fraction of sp³-hybridized carbons (Fsp3) is 0.156. The van der Waals surface area contributed by atoms with Gasteiger partial charge in [0, 0.05) is 40.1 Å². The first-order chi connectivity index (χ1) is 20.6. The molecule has 43 heavy (non-hydrogen) atoms. The first-order valence-electron chi connectivity index (χ1n) is 13.6. The number of rotatable bonds is 7. The molecule has 3 amide bonds. The van der Waals surface area contributed by atoms with Crippen LogP contribution in [0.1, 0.15) is 52.5 Å². The molecular formula is C32H28N6O3S2. The van der Waals surface area contributed by atoms with Crippen LogP contribution in [0.15, 0.2) is 90.6 Å². The Labute approximate surface area is 255 Å². The number of hydrogen-bond acceptors (Lipinski definition) is 7. The maximum Gasteiger partial charge on any atom is 0.281 e. The highest BCUT2D eigenvalue weighted by molar-refractivity contribution is 7.20. The number of aromatic nitrogens is 3. The molecule has 3 aromatic heterocycles. The van der Waals surface area contributed by atoms with Crippen LogP contribution in [0.5, 0.6) is 0 Å². The summed E-state index contributed by atoms with van der Waals surface area (Å²) in [7, 11) is 0. The van der Waals surface area contributed by atoms with Crippen molar-refractivity contribution in [1.29, 1.82) is 0 Å². The smallest absolute Gasteiger partial charge is 0.281 e. The van der Waals surface area contributed by atoms with Crippen LogP contribution < -0.4 is 16.0 Å². The fourth-order valence-electron chi connectivity index (χ4n) is 4.64. The zero-order valence-corrected chi connectivity index (χ0v) is 25.3. The van der Waals surface area contributed by atoms with Crippen molar-refractivity contribution in [1.82, 2.24) is 25.0 Å². The van der Waals surface area contributed by atoms with Crippen molar-refractivity contribution in [2.75, 3.05) is 5.32 Å². The number of anilines is 1. The van der Waals surface area contributed by atoms with Crippen molar-refractivity contribution in [3.8, 4) is 11.3 Å². The molecule has 1 atom stereocenters. The van der Waals surface area contributed by atoms with E-state index in [2.05, 4.69) is 25.9 Å². The molecule has 0 unspecified atom stereocenters. The summed E-state index contributed by atoms with van der Waals surface area (Å²) in [6.45, 7) is 5.66. The minimum atomic E-state index is -0.888. The fourth-order valence-corrected chi connectivity index (χ4v) is 6.25. The largest absolute Gasteiger partial charge is 0.349 e. The Hall–Kier alpha value is -4.87. The lowest BCUT2D eigenvalue weighted by Gasteiger charge is -2.25. The van der Waals surface area contributed by atoms with Crippen molar-refractivity contribution in [2.24, 2.45) is 0 Å². The van der Waals surface area contributed by atoms with Gasteiger partial charge in [-0.25, -0.2) is 9.97 Å². The van der Waals surface area contributed by atoms with Crippen LogP contribution in [0.4, 0.5) is 5.69 Å². The molecule has 11 heteroatoms. The van der Waals surface area contributed by atoms with Gasteiger partial charge < -0.3 is 16.0 Å². The number of carbonyl (C=O) groups is 3. The van der Waals surface area contributed by atoms with Gasteiger partial charge in [-0.3, -0.25) is 18.8 Å². The molecule has 0 saturated heterocycles. The van der Waals surface area contributed by atoms with Gasteiger partial charge in [-0.15, -0.1) is 22.7 Å². The molecule has 3 N–H and O–H groups in total. The maximum atomic E-state index is 13.4. The highest BCUT2D eigenvalue weighted by atomic mass is 32.1. The predicted octanol–water partition coefficient (Wildman–Crippen LogP) is 6.31. The SMILES string of the molecule is CC(C)(C)NC(=O)[C@@H](NC(=O)c1nc2ccc(NC(=O)c3ccccc3-c3cn4ccsc4n3)cc2s1)c1ccccc1. The lowest BCUT2D eigenvalue weighted by Crippen LogP contribution is -2.47. The van der Waals surface area contributed by atoms with Crippen molar-refractivity contribution in [3.05, 3.63) is 107 Å². The van der Waals surface area contributed by atoms with Gasteiger partial charge in [0.05, 0.1) is 15.9 Å². The second-order valence-electron chi connectivity index (χ2n) is 11.0. The molecule has 0 fully saturated rings. The van der Waals surface area contributed by atoms with Gasteiger partial charge in [0.15, 0.2) is 9.97 Å². The number of thiazole rings is 2. The molecule has 3 heterocycles. The third kappa shape index (κ3) is 6.18. The minimum Gasteiger partial charge on any atom is -0.349 e. The molecule has 6 aromatic rings. The van der Waals surface area contributed by atoms with Crippen molar-refractivity contribution in [2.45, 2.75) is 32.4 Å². The average molecular weight is 609 g/mol. The van der Waals surface area contributed by atoms with Gasteiger partial charge in [-0.2, -0.15) is 0 Å². The van der Waals surface area contributed by atoms with E-state index >= 15 is 0 Å². The maximum absolute atomic E-state index is 13.4. The van der Waals surface area contributed by atoms with E-state index in [0.717, 1.165) is 20.9 Å². The van der Waals surface area contributed by atoms with Crippen molar-refractivity contribution in [3.63, 3.8) is 0 Å². The van der Waals surface area contributed by atoms with E-state index in [1.54, 1.807) is 36.4 Å². The number of carbonyl (C=O) groups excluding carboxylic acids is 3. The van der Waals surface area contributed by atoms with E-state index in [4.69, 9.17) is 0 Å². The quantitative estimate of drug-likeness (QED) is 0.196. The normalized spacial score (nSPS) is 12.3. The Morgan fingerprint density at radius 2 is 1.67 bits per heavy atom. The van der Waals surface area contributed by atoms with Crippen LogP contribution in [0.25, 0.3) is 26.4 Å². The summed E-state index contributed by atoms with van der Waals surface area (Å²) in [5.41, 5.74) is 3.33. The number of amides is 3. The summed E-state index contributed by atoms with van der Waals surface area (Å²) in [6, 6.07) is 20.9. The number of imidazole rings is 1. The molecule has 0 aliphatic carbocycles. The van der Waals surface area contributed by atoms with Gasteiger partial charge in [-0.1, -0.05) is 48.5 Å². The molecule has 216 valence electrons. The van der Waals surface area contributed by atoms with E-state index in [9.17, 15) is 14.4 Å². The first kappa shape index (κ1) is 28.3. The standard InChI is InChI=1S/C32H28N6O3S2/c1-32(2,3)37-28(40)26(19-9-5-4-6-10-19)36-29(41)30-34-23-14-13-20(17-25(23)43-30)33-27(39)22-12-8-7-11-21(22)24-18-38-15-16-42-31(38)35-24/h4-18,26H,1-3H3,(H,33,39)(H,36,41)(H,37,40)/t26-/m0/s1. The Morgan fingerprint density at radius 1 is 0.907 bits per heavy atom. The zero-order chi connectivity index (χ0) is 30.1. The lowest BCUT2D eigenvalue weighted by atomic mass is 10.0. The third-order valence-corrected chi connectivity index (χ3v) is 8.34. The number of fused-ring (bicyclic) bond motifs is 2. The van der Waals surface area contributed by atoms with Crippen LogP contribution in [0.3, 0.4) is 0 Å². The first-order valence-corrected chi connectivity index (χ1v) is 15.3. The number of hydrogen-bond donors (Lipinski definition) is 3. The molecule has 0 aliphatic rings. The van der Waals surface area contributed by atoms with E-state index in [1.165, 1.54) is 22.7 Å². The number of benzene rings is 3. The Balaban J connectivity index is 1.21. The topological polar surface area (TPSA) is 117 Å². The third-order valence-electron chi connectivity index (χ3n) is 6.55. The molecule has 3 aromatic carbocycles. The molecule has 0 bridgehead atoms. The summed E-state index contributed by atoms with van der Waals surface area (Å²) in [5, 5.41) is 10.9. The molecule has 0 radical (unpaired) electrons. The van der Waals surface area contributed by atoms with Gasteiger partial charge in [0.1, 0.15) is 6.04 Å². The van der Waals surface area contributed by atoms with Crippen LogP contribution in [0.2, 0.25) is 0 Å². The highest BCUT2D eigenvalue weighted by Crippen LogP contribution is 2.29. The van der Waals surface area contributed by atoms with E-state index in [-0.39, 0.29) is 16.8 Å². The van der Waals surface area contributed by atoms with E-state index < -0.39 is 17.5 Å². The molecule has 0 aliphatic heterocycles. The Bertz CT molecular complexity index is 1940. The highest BCUT2D eigenvalue weighted by Gasteiger charge is 2.27. The van der Waals surface area contributed by atoms with Crippen LogP contribution in [-0.2, 0) is 4.79 Å². The molecular weight excluding hydrogens is 581 g/mol. The number of nitrogens with one attached hydrogen (secondary N) is 3. The monoisotopic (exact) mass is 608 g/mol. The summed E-state index contributed by atoms with van der Waals surface area (Å²) in [5.74, 6) is -1.04. The van der Waals surface area contributed by atoms with Crippen LogP contribution >= 0.6 is 22.7 Å². The summed E-state index contributed by atoms with van der Waals surface area (Å²) in [4.78, 5) is 49.8. The van der Waals surface area contributed by atoms with E-state index in [0.29, 0.717) is 22.3 Å². The molecule has 0 spiro atoms. The van der Waals surface area contributed by atoms with Crippen molar-refractivity contribution >= 4 is 61.3 Å². The molecule has 9 nitrogen and oxygen atoms in total. The summed E-state index contributed by atoms with van der Waals surface area (Å²) >= 11 is 2.72. The Kier molecular flexibility index (Phi) is 7.51. The molecule has 0 saturated carbocycles. The number of nitrogens with zero attached hydrogens (tertiary/aromatic N) is 3. The predicted molar refractivity (Wildman–Crippen MR) is 171 cm³/mol. The van der Waals surface area contributed by atoms with Gasteiger partial charge >= 0.3 is 0 Å². The second-order valence-corrected chi connectivity index (χ2v) is 12.9. The lowest BCUT2D eigenvalue weighted by molar-refractivity contribution is -0.124. The second kappa shape index (κ2) is 11.4. The average Bonchev–Trinajstić information content (AvgIpc) is 3.70. The summed E-state index contributed by atoms with van der Waals surface area (Å²) in [6.07, 6.45) is 3.84. The zero-order valence-electron chi connectivity index (χ0n) is 23.6. The Morgan fingerprint density at radius 3 is 2.44 bits per heavy atom. The van der Waals surface area contributed by atoms with Gasteiger partial charge in [0.2, 0.25) is 5.91 Å². The van der Waals surface area contributed by atoms with E-state index in [1.807, 2.05) is 79.3 Å². The van der Waals surface area contributed by atoms with Gasteiger partial charge in [-0.05, 0) is 50.6 Å². The summed E-state index contributed by atoms with van der Waals surface area (Å²) < 4.78 is 2.65. The van der Waals surface area contributed by atoms with Crippen LogP contribution in [-0.4, -0.2) is 37.6 Å². The van der Waals surface area contributed by atoms with Gasteiger partial charge in [0.25, 0.3) is 11.8 Å². The minimum absolute atomic E-state index is 0.216. The van der Waals surface area contributed by atoms with Crippen molar-refractivity contribution < 1.29 is 14.4 Å². The molecule has 6 rings (SSSR count).